The van der Waals surface area contributed by atoms with Gasteiger partial charge >= 0.3 is 0 Å². The van der Waals surface area contributed by atoms with Crippen LogP contribution in [0.4, 0.5) is 0 Å². The van der Waals surface area contributed by atoms with E-state index in [9.17, 15) is 0 Å². The average molecular weight is 202 g/mol. The SMILES string of the molecule is NC1c2ccccc2CN2CCCCC12. The Bertz CT molecular complexity index is 361. The van der Waals surface area contributed by atoms with Gasteiger partial charge in [-0.1, -0.05) is 30.7 Å². The average Bonchev–Trinajstić information content (AvgIpc) is 2.30. The van der Waals surface area contributed by atoms with Gasteiger partial charge in [0.1, 0.15) is 0 Å². The molecule has 2 aliphatic heterocycles. The molecule has 0 spiro atoms. The summed E-state index contributed by atoms with van der Waals surface area (Å²) in [4.78, 5) is 2.57. The first-order valence-corrected chi connectivity index (χ1v) is 5.94. The third-order valence-corrected chi connectivity index (χ3v) is 3.87. The van der Waals surface area contributed by atoms with Crippen LogP contribution in [0.2, 0.25) is 0 Å². The fourth-order valence-electron chi connectivity index (χ4n) is 3.05. The zero-order valence-electron chi connectivity index (χ0n) is 9.02. The molecule has 3 rings (SSSR count). The number of rotatable bonds is 0. The monoisotopic (exact) mass is 202 g/mol. The maximum atomic E-state index is 6.36. The first-order valence-electron chi connectivity index (χ1n) is 5.94. The highest BCUT2D eigenvalue weighted by Gasteiger charge is 2.33. The van der Waals surface area contributed by atoms with Gasteiger partial charge in [0.15, 0.2) is 0 Å². The summed E-state index contributed by atoms with van der Waals surface area (Å²) in [5.41, 5.74) is 9.17. The number of hydrogen-bond donors (Lipinski definition) is 1. The van der Waals surface area contributed by atoms with Crippen LogP contribution in [-0.2, 0) is 6.54 Å². The van der Waals surface area contributed by atoms with Gasteiger partial charge in [-0.15, -0.1) is 0 Å². The summed E-state index contributed by atoms with van der Waals surface area (Å²) >= 11 is 0. The third kappa shape index (κ3) is 1.48. The molecule has 0 amide bonds. The third-order valence-electron chi connectivity index (χ3n) is 3.87. The Labute approximate surface area is 91.1 Å². The lowest BCUT2D eigenvalue weighted by molar-refractivity contribution is 0.105. The largest absolute Gasteiger partial charge is 0.323 e. The lowest BCUT2D eigenvalue weighted by atomic mass is 9.85. The molecule has 0 radical (unpaired) electrons. The second-order valence-corrected chi connectivity index (χ2v) is 4.76. The van der Waals surface area contributed by atoms with Crippen molar-refractivity contribution in [2.45, 2.75) is 37.9 Å². The van der Waals surface area contributed by atoms with E-state index in [0.717, 1.165) is 6.54 Å². The van der Waals surface area contributed by atoms with E-state index in [2.05, 4.69) is 29.2 Å². The van der Waals surface area contributed by atoms with E-state index in [1.807, 2.05) is 0 Å². The molecule has 2 unspecified atom stereocenters. The van der Waals surface area contributed by atoms with E-state index in [-0.39, 0.29) is 6.04 Å². The zero-order chi connectivity index (χ0) is 10.3. The van der Waals surface area contributed by atoms with E-state index in [0.29, 0.717) is 6.04 Å². The Balaban J connectivity index is 1.98. The molecule has 80 valence electrons. The molecule has 1 fully saturated rings. The van der Waals surface area contributed by atoms with Crippen LogP contribution in [0.25, 0.3) is 0 Å². The van der Waals surface area contributed by atoms with Crippen LogP contribution >= 0.6 is 0 Å². The first kappa shape index (κ1) is 9.37. The molecule has 0 aliphatic carbocycles. The summed E-state index contributed by atoms with van der Waals surface area (Å²) < 4.78 is 0. The molecule has 1 aromatic rings. The lowest BCUT2D eigenvalue weighted by Gasteiger charge is -2.43. The van der Waals surface area contributed by atoms with Gasteiger partial charge in [0.05, 0.1) is 0 Å². The molecule has 0 bridgehead atoms. The number of nitrogens with two attached hydrogens (primary N) is 1. The summed E-state index contributed by atoms with van der Waals surface area (Å²) in [6.45, 7) is 2.33. The fraction of sp³-hybridized carbons (Fsp3) is 0.538. The predicted molar refractivity (Wildman–Crippen MR) is 61.4 cm³/mol. The smallest absolute Gasteiger partial charge is 0.0456 e. The second-order valence-electron chi connectivity index (χ2n) is 4.76. The molecular weight excluding hydrogens is 184 g/mol. The Kier molecular flexibility index (Phi) is 2.26. The highest BCUT2D eigenvalue weighted by molar-refractivity contribution is 5.33. The van der Waals surface area contributed by atoms with E-state index in [1.54, 1.807) is 0 Å². The molecule has 2 heteroatoms. The standard InChI is InChI=1S/C13H18N2/c14-13-11-6-2-1-5-10(11)9-15-8-4-3-7-12(13)15/h1-2,5-6,12-13H,3-4,7-9,14H2. The van der Waals surface area contributed by atoms with Gasteiger partial charge in [-0.2, -0.15) is 0 Å². The van der Waals surface area contributed by atoms with Crippen molar-refractivity contribution in [3.63, 3.8) is 0 Å². The molecule has 2 nitrogen and oxygen atoms in total. The molecule has 1 aromatic carbocycles. The summed E-state index contributed by atoms with van der Waals surface area (Å²) in [6, 6.07) is 9.47. The second kappa shape index (κ2) is 3.62. The van der Waals surface area contributed by atoms with Crippen molar-refractivity contribution in [1.82, 2.24) is 4.90 Å². The first-order chi connectivity index (χ1) is 7.36. The number of fused-ring (bicyclic) bond motifs is 2. The number of benzene rings is 1. The van der Waals surface area contributed by atoms with Gasteiger partial charge in [-0.3, -0.25) is 4.90 Å². The van der Waals surface area contributed by atoms with Gasteiger partial charge in [-0.25, -0.2) is 0 Å². The van der Waals surface area contributed by atoms with Gasteiger partial charge in [0.25, 0.3) is 0 Å². The Morgan fingerprint density at radius 1 is 1.20 bits per heavy atom. The highest BCUT2D eigenvalue weighted by Crippen LogP contribution is 2.34. The quantitative estimate of drug-likeness (QED) is 0.697. The predicted octanol–water partition coefficient (Wildman–Crippen LogP) is 2.05. The Morgan fingerprint density at radius 3 is 3.00 bits per heavy atom. The van der Waals surface area contributed by atoms with Gasteiger partial charge in [-0.05, 0) is 30.5 Å². The van der Waals surface area contributed by atoms with Crippen molar-refractivity contribution in [2.24, 2.45) is 5.73 Å². The Hall–Kier alpha value is -0.860. The minimum absolute atomic E-state index is 0.232. The normalized spacial score (nSPS) is 30.7. The van der Waals surface area contributed by atoms with Crippen LogP contribution in [0.5, 0.6) is 0 Å². The summed E-state index contributed by atoms with van der Waals surface area (Å²) in [6.07, 6.45) is 3.96. The molecule has 2 N–H and O–H groups in total. The zero-order valence-corrected chi connectivity index (χ0v) is 9.02. The molecule has 2 heterocycles. The molecule has 0 saturated carbocycles. The van der Waals surface area contributed by atoms with E-state index in [1.165, 1.54) is 36.9 Å². The van der Waals surface area contributed by atoms with E-state index in [4.69, 9.17) is 5.73 Å². The maximum Gasteiger partial charge on any atom is 0.0456 e. The highest BCUT2D eigenvalue weighted by atomic mass is 15.2. The molecule has 2 aliphatic rings. The summed E-state index contributed by atoms with van der Waals surface area (Å²) in [7, 11) is 0. The van der Waals surface area contributed by atoms with E-state index >= 15 is 0 Å². The molecule has 1 saturated heterocycles. The van der Waals surface area contributed by atoms with Crippen molar-refractivity contribution >= 4 is 0 Å². The summed E-state index contributed by atoms with van der Waals surface area (Å²) in [5, 5.41) is 0. The number of hydrogen-bond acceptors (Lipinski definition) is 2. The van der Waals surface area contributed by atoms with E-state index < -0.39 is 0 Å². The maximum absolute atomic E-state index is 6.36. The number of piperidine rings is 1. The van der Waals surface area contributed by atoms with Crippen molar-refractivity contribution in [3.05, 3.63) is 35.4 Å². The number of nitrogens with zero attached hydrogens (tertiary/aromatic N) is 1. The van der Waals surface area contributed by atoms with Crippen LogP contribution in [0, 0.1) is 0 Å². The minimum Gasteiger partial charge on any atom is -0.323 e. The minimum atomic E-state index is 0.232. The van der Waals surface area contributed by atoms with Crippen molar-refractivity contribution < 1.29 is 0 Å². The van der Waals surface area contributed by atoms with Crippen molar-refractivity contribution in [2.75, 3.05) is 6.54 Å². The van der Waals surface area contributed by atoms with Gasteiger partial charge in [0.2, 0.25) is 0 Å². The topological polar surface area (TPSA) is 29.3 Å². The molecule has 0 aromatic heterocycles. The van der Waals surface area contributed by atoms with Gasteiger partial charge < -0.3 is 5.73 Å². The van der Waals surface area contributed by atoms with Crippen LogP contribution in [-0.4, -0.2) is 17.5 Å². The van der Waals surface area contributed by atoms with Crippen LogP contribution in [0.1, 0.15) is 36.4 Å². The summed E-state index contributed by atoms with van der Waals surface area (Å²) in [5.74, 6) is 0. The molecule has 15 heavy (non-hydrogen) atoms. The molecular formula is C13H18N2. The van der Waals surface area contributed by atoms with Crippen molar-refractivity contribution in [1.29, 1.82) is 0 Å². The Morgan fingerprint density at radius 2 is 2.07 bits per heavy atom. The lowest BCUT2D eigenvalue weighted by Crippen LogP contribution is -2.48. The van der Waals surface area contributed by atoms with Gasteiger partial charge in [0, 0.05) is 18.6 Å². The van der Waals surface area contributed by atoms with Crippen LogP contribution in [0.3, 0.4) is 0 Å². The van der Waals surface area contributed by atoms with Crippen LogP contribution in [0.15, 0.2) is 24.3 Å². The fourth-order valence-corrected chi connectivity index (χ4v) is 3.05. The molecule has 2 atom stereocenters. The van der Waals surface area contributed by atoms with Crippen LogP contribution < -0.4 is 5.73 Å². The van der Waals surface area contributed by atoms with Crippen molar-refractivity contribution in [3.8, 4) is 0 Å².